The van der Waals surface area contributed by atoms with Crippen molar-refractivity contribution in [2.75, 3.05) is 6.61 Å². The lowest BCUT2D eigenvalue weighted by atomic mass is 9.95. The number of ether oxygens (including phenoxy) is 2. The lowest BCUT2D eigenvalue weighted by Crippen LogP contribution is -2.34. The zero-order valence-electron chi connectivity index (χ0n) is 17.4. The molecule has 0 radical (unpaired) electrons. The van der Waals surface area contributed by atoms with Crippen molar-refractivity contribution in [3.8, 4) is 5.75 Å². The van der Waals surface area contributed by atoms with Gasteiger partial charge in [0.15, 0.2) is 0 Å². The van der Waals surface area contributed by atoms with Crippen molar-refractivity contribution in [3.05, 3.63) is 62.9 Å². The van der Waals surface area contributed by atoms with Gasteiger partial charge in [-0.2, -0.15) is 0 Å². The maximum Gasteiger partial charge on any atom is 0.330 e. The van der Waals surface area contributed by atoms with Crippen LogP contribution < -0.4 is 21.1 Å². The van der Waals surface area contributed by atoms with E-state index in [1.165, 1.54) is 16.8 Å². The zero-order chi connectivity index (χ0) is 22.3. The summed E-state index contributed by atoms with van der Waals surface area (Å²) in [6, 6.07) is 8.53. The van der Waals surface area contributed by atoms with Crippen LogP contribution in [0.25, 0.3) is 0 Å². The monoisotopic (exact) mass is 439 g/mol. The van der Waals surface area contributed by atoms with E-state index in [0.29, 0.717) is 5.75 Å². The second-order valence-corrected chi connectivity index (χ2v) is 9.01. The molecule has 30 heavy (non-hydrogen) atoms. The van der Waals surface area contributed by atoms with Crippen molar-refractivity contribution in [1.82, 2.24) is 9.55 Å². The molecule has 1 aromatic heterocycles. The van der Waals surface area contributed by atoms with Crippen molar-refractivity contribution in [3.63, 3.8) is 0 Å². The molecule has 1 aromatic carbocycles. The molecule has 0 spiro atoms. The van der Waals surface area contributed by atoms with Crippen LogP contribution in [0.1, 0.15) is 45.1 Å². The quantitative estimate of drug-likeness (QED) is 0.510. The molecule has 1 unspecified atom stereocenters. The van der Waals surface area contributed by atoms with Crippen LogP contribution in [0.15, 0.2) is 46.1 Å². The highest BCUT2D eigenvalue weighted by molar-refractivity contribution is 7.89. The fourth-order valence-electron chi connectivity index (χ4n) is 3.01. The van der Waals surface area contributed by atoms with Crippen LogP contribution in [0, 0.1) is 0 Å². The number of rotatable bonds is 11. The van der Waals surface area contributed by atoms with E-state index in [4.69, 9.17) is 14.6 Å². The Hall–Kier alpha value is -2.43. The molecule has 0 fully saturated rings. The Balaban J connectivity index is 2.05. The molecule has 0 saturated heterocycles. The highest BCUT2D eigenvalue weighted by Crippen LogP contribution is 2.28. The van der Waals surface area contributed by atoms with E-state index >= 15 is 0 Å². The van der Waals surface area contributed by atoms with E-state index in [1.54, 1.807) is 6.92 Å². The van der Waals surface area contributed by atoms with Gasteiger partial charge in [-0.05, 0) is 43.4 Å². The number of nitrogens with two attached hydrogens (primary N) is 1. The smallest absolute Gasteiger partial charge is 0.330 e. The molecule has 3 atom stereocenters. The summed E-state index contributed by atoms with van der Waals surface area (Å²) in [5, 5.41) is 4.61. The van der Waals surface area contributed by atoms with Crippen molar-refractivity contribution < 1.29 is 17.9 Å². The lowest BCUT2D eigenvalue weighted by Gasteiger charge is -2.23. The molecule has 10 heteroatoms. The summed E-state index contributed by atoms with van der Waals surface area (Å²) in [7, 11) is -3.85. The molecular weight excluding hydrogens is 410 g/mol. The van der Waals surface area contributed by atoms with Gasteiger partial charge in [0.2, 0.25) is 10.0 Å². The Labute approximate surface area is 175 Å². The standard InChI is InChI=1S/C20H29N3O6S/c1-4-14(2)29-17-7-5-6-16(12-17)15(3)18(30(21,26)27)9-11-28-13-23-10-8-19(24)22-20(23)25/h5-8,10,12,14-15,18H,4,9,11,13H2,1-3H3,(H2,21,26,27)(H,22,24,25)/t14-,15+,18?/m0/s1. The van der Waals surface area contributed by atoms with Gasteiger partial charge in [0.05, 0.1) is 18.0 Å². The van der Waals surface area contributed by atoms with Gasteiger partial charge in [-0.25, -0.2) is 18.4 Å². The predicted octanol–water partition coefficient (Wildman–Crippen LogP) is 1.54. The maximum atomic E-state index is 12.2. The molecule has 166 valence electrons. The first-order valence-electron chi connectivity index (χ1n) is 9.77. The molecule has 0 aliphatic rings. The molecule has 0 saturated carbocycles. The summed E-state index contributed by atoms with van der Waals surface area (Å²) >= 11 is 0. The summed E-state index contributed by atoms with van der Waals surface area (Å²) in [6.45, 7) is 5.74. The van der Waals surface area contributed by atoms with Gasteiger partial charge < -0.3 is 9.47 Å². The molecule has 0 aliphatic heterocycles. The second-order valence-electron chi connectivity index (χ2n) is 7.23. The Morgan fingerprint density at radius 1 is 1.20 bits per heavy atom. The Morgan fingerprint density at radius 2 is 1.93 bits per heavy atom. The summed E-state index contributed by atoms with van der Waals surface area (Å²) in [6.07, 6.45) is 2.36. The van der Waals surface area contributed by atoms with Crippen molar-refractivity contribution in [2.45, 2.75) is 57.6 Å². The van der Waals surface area contributed by atoms with E-state index in [-0.39, 0.29) is 31.8 Å². The van der Waals surface area contributed by atoms with E-state index in [1.807, 2.05) is 38.1 Å². The zero-order valence-corrected chi connectivity index (χ0v) is 18.2. The van der Waals surface area contributed by atoms with Crippen LogP contribution in [0.3, 0.4) is 0 Å². The number of aromatic amines is 1. The van der Waals surface area contributed by atoms with E-state index in [0.717, 1.165) is 12.0 Å². The number of nitrogens with zero attached hydrogens (tertiary/aromatic N) is 1. The topological polar surface area (TPSA) is 133 Å². The van der Waals surface area contributed by atoms with Gasteiger partial charge >= 0.3 is 5.69 Å². The number of hydrogen-bond acceptors (Lipinski definition) is 6. The summed E-state index contributed by atoms with van der Waals surface area (Å²) in [5.74, 6) is 0.287. The number of primary sulfonamides is 1. The molecule has 0 amide bonds. The fourth-order valence-corrected chi connectivity index (χ4v) is 4.16. The van der Waals surface area contributed by atoms with Gasteiger partial charge in [0, 0.05) is 12.3 Å². The molecule has 3 N–H and O–H groups in total. The maximum absolute atomic E-state index is 12.2. The third-order valence-electron chi connectivity index (χ3n) is 4.95. The molecule has 1 heterocycles. The van der Waals surface area contributed by atoms with Gasteiger partial charge in [-0.3, -0.25) is 14.3 Å². The third kappa shape index (κ3) is 6.82. The van der Waals surface area contributed by atoms with Gasteiger partial charge in [0.1, 0.15) is 12.5 Å². The number of hydrogen-bond donors (Lipinski definition) is 2. The van der Waals surface area contributed by atoms with E-state index in [2.05, 4.69) is 4.98 Å². The minimum absolute atomic E-state index is 0.0503. The van der Waals surface area contributed by atoms with E-state index < -0.39 is 26.5 Å². The van der Waals surface area contributed by atoms with Crippen LogP contribution >= 0.6 is 0 Å². The Morgan fingerprint density at radius 3 is 2.57 bits per heavy atom. The minimum atomic E-state index is -3.85. The van der Waals surface area contributed by atoms with E-state index in [9.17, 15) is 18.0 Å². The SMILES string of the molecule is CC[C@H](C)Oc1cccc([C@@H](C)C(CCOCn2ccc(=O)[nH]c2=O)S(N)(=O)=O)c1. The van der Waals surface area contributed by atoms with Crippen molar-refractivity contribution in [2.24, 2.45) is 5.14 Å². The average molecular weight is 440 g/mol. The first-order chi connectivity index (χ1) is 14.1. The highest BCUT2D eigenvalue weighted by Gasteiger charge is 2.29. The van der Waals surface area contributed by atoms with Crippen LogP contribution in [0.2, 0.25) is 0 Å². The highest BCUT2D eigenvalue weighted by atomic mass is 32.2. The normalized spacial score (nSPS) is 14.8. The van der Waals surface area contributed by atoms with Crippen LogP contribution in [0.4, 0.5) is 0 Å². The number of H-pyrrole nitrogens is 1. The predicted molar refractivity (Wildman–Crippen MR) is 114 cm³/mol. The van der Waals surface area contributed by atoms with Crippen LogP contribution in [-0.4, -0.2) is 35.9 Å². The first kappa shape index (κ1) is 23.8. The van der Waals surface area contributed by atoms with Crippen LogP contribution in [-0.2, 0) is 21.5 Å². The largest absolute Gasteiger partial charge is 0.491 e. The Kier molecular flexibility index (Phi) is 8.39. The second kappa shape index (κ2) is 10.6. The molecular formula is C20H29N3O6S. The summed E-state index contributed by atoms with van der Waals surface area (Å²) < 4.78 is 36.9. The third-order valence-corrected chi connectivity index (χ3v) is 6.44. The summed E-state index contributed by atoms with van der Waals surface area (Å²) in [5.41, 5.74) is -0.303. The fraction of sp³-hybridized carbons (Fsp3) is 0.500. The minimum Gasteiger partial charge on any atom is -0.491 e. The number of benzene rings is 1. The average Bonchev–Trinajstić information content (AvgIpc) is 2.68. The van der Waals surface area contributed by atoms with Gasteiger partial charge in [0.25, 0.3) is 5.56 Å². The molecule has 2 aromatic rings. The van der Waals surface area contributed by atoms with Crippen molar-refractivity contribution in [1.29, 1.82) is 0 Å². The molecule has 0 aliphatic carbocycles. The van der Waals surface area contributed by atoms with Gasteiger partial charge in [-0.1, -0.05) is 26.0 Å². The molecule has 9 nitrogen and oxygen atoms in total. The number of sulfonamides is 1. The summed E-state index contributed by atoms with van der Waals surface area (Å²) in [4.78, 5) is 24.9. The Bertz CT molecular complexity index is 1050. The molecule has 0 bridgehead atoms. The number of aromatic nitrogens is 2. The first-order valence-corrected chi connectivity index (χ1v) is 11.4. The molecule has 2 rings (SSSR count). The lowest BCUT2D eigenvalue weighted by molar-refractivity contribution is 0.0706. The van der Waals surface area contributed by atoms with Gasteiger partial charge in [-0.15, -0.1) is 0 Å². The van der Waals surface area contributed by atoms with Crippen molar-refractivity contribution >= 4 is 10.0 Å². The van der Waals surface area contributed by atoms with Crippen LogP contribution in [0.5, 0.6) is 5.75 Å². The number of nitrogens with one attached hydrogen (secondary N) is 1.